The van der Waals surface area contributed by atoms with Crippen molar-refractivity contribution in [1.82, 2.24) is 0 Å². The van der Waals surface area contributed by atoms with Gasteiger partial charge in [-0.2, -0.15) is 0 Å². The van der Waals surface area contributed by atoms with Crippen LogP contribution in [0.1, 0.15) is 115 Å². The molecule has 134 valence electrons. The number of aliphatic hydroxyl groups is 1. The second kappa shape index (κ2) is 14.8. The van der Waals surface area contributed by atoms with Crippen molar-refractivity contribution in [1.29, 1.82) is 0 Å². The van der Waals surface area contributed by atoms with Crippen molar-refractivity contribution in [2.75, 3.05) is 0 Å². The average molecular weight is 323 g/mol. The van der Waals surface area contributed by atoms with Crippen molar-refractivity contribution in [3.05, 3.63) is 24.2 Å². The highest BCUT2D eigenvalue weighted by Crippen LogP contribution is 2.20. The van der Waals surface area contributed by atoms with Gasteiger partial charge >= 0.3 is 0 Å². The van der Waals surface area contributed by atoms with Gasteiger partial charge in [0.05, 0.1) is 6.26 Å². The van der Waals surface area contributed by atoms with Crippen molar-refractivity contribution in [2.24, 2.45) is 0 Å². The molecule has 0 bridgehead atoms. The van der Waals surface area contributed by atoms with Crippen LogP contribution in [0.3, 0.4) is 0 Å². The molecule has 0 aliphatic rings. The maximum Gasteiger partial charge on any atom is 0.132 e. The maximum atomic E-state index is 9.91. The molecule has 23 heavy (non-hydrogen) atoms. The highest BCUT2D eigenvalue weighted by Gasteiger charge is 2.09. The zero-order chi connectivity index (χ0) is 16.6. The van der Waals surface area contributed by atoms with Crippen molar-refractivity contribution in [3.63, 3.8) is 0 Å². The van der Waals surface area contributed by atoms with Crippen LogP contribution < -0.4 is 0 Å². The average Bonchev–Trinajstić information content (AvgIpc) is 3.09. The topological polar surface area (TPSA) is 33.4 Å². The lowest BCUT2D eigenvalue weighted by atomic mass is 10.0. The van der Waals surface area contributed by atoms with Crippen molar-refractivity contribution >= 4 is 0 Å². The van der Waals surface area contributed by atoms with E-state index in [1.807, 2.05) is 12.1 Å². The van der Waals surface area contributed by atoms with Crippen LogP contribution >= 0.6 is 0 Å². The standard InChI is InChI=1S/C21H38O2/c1-2-3-4-5-6-7-8-9-10-11-12-13-14-15-17-20(22)21-18-16-19-23-21/h16,18-20,22H,2-15,17H2,1H3. The van der Waals surface area contributed by atoms with Gasteiger partial charge in [0.1, 0.15) is 11.9 Å². The molecule has 1 N–H and O–H groups in total. The zero-order valence-electron chi connectivity index (χ0n) is 15.3. The SMILES string of the molecule is CCCCCCCCCCCCCCCCC(O)c1ccco1. The second-order valence-electron chi connectivity index (χ2n) is 6.92. The fourth-order valence-electron chi connectivity index (χ4n) is 3.16. The van der Waals surface area contributed by atoms with Crippen LogP contribution in [0.25, 0.3) is 0 Å². The molecule has 0 radical (unpaired) electrons. The van der Waals surface area contributed by atoms with Crippen molar-refractivity contribution in [2.45, 2.75) is 109 Å². The molecule has 1 atom stereocenters. The summed E-state index contributed by atoms with van der Waals surface area (Å²) in [6.45, 7) is 2.28. The summed E-state index contributed by atoms with van der Waals surface area (Å²) >= 11 is 0. The number of hydrogen-bond acceptors (Lipinski definition) is 2. The summed E-state index contributed by atoms with van der Waals surface area (Å²) < 4.78 is 5.21. The predicted octanol–water partition coefficient (Wildman–Crippen LogP) is 7.18. The van der Waals surface area contributed by atoms with E-state index < -0.39 is 6.10 Å². The van der Waals surface area contributed by atoms with E-state index >= 15 is 0 Å². The van der Waals surface area contributed by atoms with Gasteiger partial charge in [-0.15, -0.1) is 0 Å². The fraction of sp³-hybridized carbons (Fsp3) is 0.810. The Labute approximate surface area is 143 Å². The Morgan fingerprint density at radius 3 is 1.70 bits per heavy atom. The summed E-state index contributed by atoms with van der Waals surface area (Å²) in [6, 6.07) is 3.69. The highest BCUT2D eigenvalue weighted by molar-refractivity contribution is 5.01. The number of aliphatic hydroxyl groups excluding tert-OH is 1. The van der Waals surface area contributed by atoms with Crippen LogP contribution in [0, 0.1) is 0 Å². The van der Waals surface area contributed by atoms with Crippen LogP contribution in [-0.2, 0) is 0 Å². The molecule has 0 aliphatic carbocycles. The third-order valence-electron chi connectivity index (χ3n) is 4.70. The number of furan rings is 1. The molecule has 1 unspecified atom stereocenters. The molecule has 2 nitrogen and oxygen atoms in total. The molecule has 1 heterocycles. The lowest BCUT2D eigenvalue weighted by Crippen LogP contribution is -1.95. The summed E-state index contributed by atoms with van der Waals surface area (Å²) in [5.74, 6) is 0.708. The lowest BCUT2D eigenvalue weighted by Gasteiger charge is -2.07. The van der Waals surface area contributed by atoms with Crippen molar-refractivity contribution < 1.29 is 9.52 Å². The summed E-state index contributed by atoms with van der Waals surface area (Å²) in [6.07, 6.45) is 21.2. The second-order valence-corrected chi connectivity index (χ2v) is 6.92. The molecule has 0 aliphatic heterocycles. The van der Waals surface area contributed by atoms with Gasteiger partial charge < -0.3 is 9.52 Å². The van der Waals surface area contributed by atoms with Crippen LogP contribution in [-0.4, -0.2) is 5.11 Å². The molecule has 0 amide bonds. The quantitative estimate of drug-likeness (QED) is 0.327. The molecule has 0 saturated heterocycles. The summed E-state index contributed by atoms with van der Waals surface area (Å²) in [4.78, 5) is 0. The van der Waals surface area contributed by atoms with E-state index in [1.165, 1.54) is 83.5 Å². The highest BCUT2D eigenvalue weighted by atomic mass is 16.4. The minimum absolute atomic E-state index is 0.415. The minimum Gasteiger partial charge on any atom is -0.467 e. The Bertz CT molecular complexity index is 332. The first kappa shape index (κ1) is 20.3. The van der Waals surface area contributed by atoms with E-state index in [9.17, 15) is 5.11 Å². The van der Waals surface area contributed by atoms with Gasteiger partial charge in [-0.1, -0.05) is 96.8 Å². The Morgan fingerprint density at radius 2 is 1.26 bits per heavy atom. The molecule has 2 heteroatoms. The zero-order valence-corrected chi connectivity index (χ0v) is 15.3. The van der Waals surface area contributed by atoms with Gasteiger partial charge in [0, 0.05) is 0 Å². The summed E-state index contributed by atoms with van der Waals surface area (Å²) in [7, 11) is 0. The monoisotopic (exact) mass is 322 g/mol. The third-order valence-corrected chi connectivity index (χ3v) is 4.70. The van der Waals surface area contributed by atoms with Gasteiger partial charge in [0.2, 0.25) is 0 Å². The normalized spacial score (nSPS) is 12.6. The first-order valence-electron chi connectivity index (χ1n) is 10.1. The van der Waals surface area contributed by atoms with Gasteiger partial charge in [-0.25, -0.2) is 0 Å². The van der Waals surface area contributed by atoms with E-state index in [4.69, 9.17) is 4.42 Å². The number of unbranched alkanes of at least 4 members (excludes halogenated alkanes) is 13. The first-order valence-corrected chi connectivity index (χ1v) is 10.1. The lowest BCUT2D eigenvalue weighted by molar-refractivity contribution is 0.136. The minimum atomic E-state index is -0.415. The molecule has 0 aromatic carbocycles. The molecule has 0 fully saturated rings. The molecular formula is C21H38O2. The van der Waals surface area contributed by atoms with Gasteiger partial charge in [0.15, 0.2) is 0 Å². The Kier molecular flexibility index (Phi) is 13.1. The first-order chi connectivity index (χ1) is 11.3. The maximum absolute atomic E-state index is 9.91. The van der Waals surface area contributed by atoms with Gasteiger partial charge in [-0.05, 0) is 18.6 Å². The number of rotatable bonds is 16. The van der Waals surface area contributed by atoms with Gasteiger partial charge in [0.25, 0.3) is 0 Å². The fourth-order valence-corrected chi connectivity index (χ4v) is 3.16. The van der Waals surface area contributed by atoms with Crippen LogP contribution in [0.15, 0.2) is 22.8 Å². The molecule has 0 saturated carbocycles. The van der Waals surface area contributed by atoms with E-state index in [-0.39, 0.29) is 0 Å². The molecule has 1 rings (SSSR count). The predicted molar refractivity (Wildman–Crippen MR) is 98.6 cm³/mol. The van der Waals surface area contributed by atoms with E-state index in [1.54, 1.807) is 6.26 Å². The Balaban J connectivity index is 1.75. The van der Waals surface area contributed by atoms with Crippen LogP contribution in [0.2, 0.25) is 0 Å². The van der Waals surface area contributed by atoms with E-state index in [0.717, 1.165) is 12.8 Å². The number of hydrogen-bond donors (Lipinski definition) is 1. The van der Waals surface area contributed by atoms with Crippen LogP contribution in [0.5, 0.6) is 0 Å². The largest absolute Gasteiger partial charge is 0.467 e. The van der Waals surface area contributed by atoms with E-state index in [2.05, 4.69) is 6.92 Å². The molecule has 1 aromatic heterocycles. The van der Waals surface area contributed by atoms with E-state index in [0.29, 0.717) is 5.76 Å². The van der Waals surface area contributed by atoms with Gasteiger partial charge in [-0.3, -0.25) is 0 Å². The van der Waals surface area contributed by atoms with Crippen molar-refractivity contribution in [3.8, 4) is 0 Å². The summed E-state index contributed by atoms with van der Waals surface area (Å²) in [5.41, 5.74) is 0. The summed E-state index contributed by atoms with van der Waals surface area (Å²) in [5, 5.41) is 9.91. The van der Waals surface area contributed by atoms with Crippen LogP contribution in [0.4, 0.5) is 0 Å². The Morgan fingerprint density at radius 1 is 0.783 bits per heavy atom. The molecular weight excluding hydrogens is 284 g/mol. The Hall–Kier alpha value is -0.760. The third kappa shape index (κ3) is 11.4. The molecule has 0 spiro atoms. The molecule has 1 aromatic rings. The smallest absolute Gasteiger partial charge is 0.132 e.